The van der Waals surface area contributed by atoms with E-state index < -0.39 is 0 Å². The molecule has 0 atom stereocenters. The topological polar surface area (TPSA) is 58.4 Å². The van der Waals surface area contributed by atoms with Gasteiger partial charge in [-0.2, -0.15) is 0 Å². The maximum atomic E-state index is 12.0. The minimum absolute atomic E-state index is 0.196. The van der Waals surface area contributed by atoms with E-state index in [2.05, 4.69) is 10.5 Å². The predicted molar refractivity (Wildman–Crippen MR) is 68.0 cm³/mol. The first kappa shape index (κ1) is 12.2. The van der Waals surface area contributed by atoms with E-state index in [1.54, 1.807) is 11.0 Å². The molecule has 2 aromatic rings. The van der Waals surface area contributed by atoms with E-state index in [0.717, 1.165) is 5.56 Å². The molecule has 2 rings (SSSR count). The van der Waals surface area contributed by atoms with E-state index in [4.69, 9.17) is 4.52 Å². The van der Waals surface area contributed by atoms with Crippen molar-refractivity contribution in [2.24, 2.45) is 0 Å². The van der Waals surface area contributed by atoms with E-state index in [0.29, 0.717) is 19.0 Å². The third-order valence-corrected chi connectivity index (χ3v) is 2.55. The van der Waals surface area contributed by atoms with Gasteiger partial charge in [0.15, 0.2) is 0 Å². The van der Waals surface area contributed by atoms with E-state index in [1.165, 1.54) is 6.20 Å². The number of hydrogen-bond donors (Lipinski definition) is 1. The lowest BCUT2D eigenvalue weighted by molar-refractivity contribution is 0.211. The molecular weight excluding hydrogens is 230 g/mol. The molecule has 0 saturated heterocycles. The Kier molecular flexibility index (Phi) is 3.96. The number of nitrogens with zero attached hydrogens (tertiary/aromatic N) is 2. The summed E-state index contributed by atoms with van der Waals surface area (Å²) in [5, 5.41) is 6.19. The predicted octanol–water partition coefficient (Wildman–Crippen LogP) is 2.73. The number of carbonyl (C=O) groups is 1. The summed E-state index contributed by atoms with van der Waals surface area (Å²) in [6.45, 7) is 3.12. The van der Waals surface area contributed by atoms with Gasteiger partial charge in [0.1, 0.15) is 0 Å². The molecule has 18 heavy (non-hydrogen) atoms. The standard InChI is InChI=1S/C13H15N3O2/c1-2-16(10-11-6-4-3-5-7-11)13(17)15-12-8-9-14-18-12/h3-9H,2,10H2,1H3,(H,15,17). The lowest BCUT2D eigenvalue weighted by atomic mass is 10.2. The third-order valence-electron chi connectivity index (χ3n) is 2.55. The average Bonchev–Trinajstić information content (AvgIpc) is 2.90. The number of carbonyl (C=O) groups excluding carboxylic acids is 1. The van der Waals surface area contributed by atoms with E-state index >= 15 is 0 Å². The zero-order valence-corrected chi connectivity index (χ0v) is 10.2. The minimum Gasteiger partial charge on any atom is -0.338 e. The highest BCUT2D eigenvalue weighted by Gasteiger charge is 2.13. The first-order valence-corrected chi connectivity index (χ1v) is 5.80. The molecule has 0 saturated carbocycles. The molecule has 0 unspecified atom stereocenters. The fourth-order valence-electron chi connectivity index (χ4n) is 1.60. The second kappa shape index (κ2) is 5.86. The van der Waals surface area contributed by atoms with Crippen molar-refractivity contribution in [3.8, 4) is 0 Å². The fraction of sp³-hybridized carbons (Fsp3) is 0.231. The van der Waals surface area contributed by atoms with Gasteiger partial charge >= 0.3 is 6.03 Å². The molecule has 0 aliphatic heterocycles. The molecule has 5 heteroatoms. The number of benzene rings is 1. The van der Waals surface area contributed by atoms with E-state index in [9.17, 15) is 4.79 Å². The highest BCUT2D eigenvalue weighted by molar-refractivity contribution is 5.87. The van der Waals surface area contributed by atoms with E-state index in [1.807, 2.05) is 37.3 Å². The Morgan fingerprint density at radius 2 is 2.11 bits per heavy atom. The first-order valence-electron chi connectivity index (χ1n) is 5.80. The van der Waals surface area contributed by atoms with Crippen LogP contribution in [0.15, 0.2) is 47.1 Å². The monoisotopic (exact) mass is 245 g/mol. The van der Waals surface area contributed by atoms with E-state index in [-0.39, 0.29) is 6.03 Å². The van der Waals surface area contributed by atoms with Crippen LogP contribution in [0.25, 0.3) is 0 Å². The molecule has 0 fully saturated rings. The number of hydrogen-bond acceptors (Lipinski definition) is 3. The smallest absolute Gasteiger partial charge is 0.324 e. The fourth-order valence-corrected chi connectivity index (χ4v) is 1.60. The van der Waals surface area contributed by atoms with Crippen LogP contribution in [-0.4, -0.2) is 22.6 Å². The van der Waals surface area contributed by atoms with Crippen LogP contribution in [0.3, 0.4) is 0 Å². The molecular formula is C13H15N3O2. The summed E-state index contributed by atoms with van der Waals surface area (Å²) in [7, 11) is 0. The van der Waals surface area contributed by atoms with Gasteiger partial charge < -0.3 is 9.42 Å². The number of nitrogens with one attached hydrogen (secondary N) is 1. The van der Waals surface area contributed by atoms with Crippen LogP contribution in [0.2, 0.25) is 0 Å². The summed E-state index contributed by atoms with van der Waals surface area (Å²) >= 11 is 0. The van der Waals surface area contributed by atoms with Crippen LogP contribution in [0, 0.1) is 0 Å². The van der Waals surface area contributed by atoms with Crippen molar-refractivity contribution in [2.75, 3.05) is 11.9 Å². The molecule has 94 valence electrons. The number of rotatable bonds is 4. The van der Waals surface area contributed by atoms with Gasteiger partial charge in [-0.25, -0.2) is 4.79 Å². The largest absolute Gasteiger partial charge is 0.338 e. The van der Waals surface area contributed by atoms with Crippen LogP contribution in [-0.2, 0) is 6.54 Å². The Hall–Kier alpha value is -2.30. The highest BCUT2D eigenvalue weighted by atomic mass is 16.5. The van der Waals surface area contributed by atoms with Gasteiger partial charge in [-0.1, -0.05) is 35.5 Å². The van der Waals surface area contributed by atoms with Crippen LogP contribution in [0.4, 0.5) is 10.7 Å². The molecule has 0 bridgehead atoms. The van der Waals surface area contributed by atoms with Gasteiger partial charge in [0, 0.05) is 19.2 Å². The Bertz CT molecular complexity index is 482. The van der Waals surface area contributed by atoms with Gasteiger partial charge in [-0.3, -0.25) is 5.32 Å². The molecule has 5 nitrogen and oxygen atoms in total. The number of aromatic nitrogens is 1. The van der Waals surface area contributed by atoms with Crippen molar-refractivity contribution >= 4 is 11.9 Å². The van der Waals surface area contributed by atoms with Crippen LogP contribution >= 0.6 is 0 Å². The average molecular weight is 245 g/mol. The van der Waals surface area contributed by atoms with Gasteiger partial charge in [0.2, 0.25) is 5.88 Å². The van der Waals surface area contributed by atoms with Gasteiger partial charge in [0.25, 0.3) is 0 Å². The van der Waals surface area contributed by atoms with Gasteiger partial charge in [-0.15, -0.1) is 0 Å². The first-order chi connectivity index (χ1) is 8.79. The summed E-state index contributed by atoms with van der Waals surface area (Å²) < 4.78 is 4.84. The molecule has 0 radical (unpaired) electrons. The Labute approximate surface area is 105 Å². The lowest BCUT2D eigenvalue weighted by Gasteiger charge is -2.20. The van der Waals surface area contributed by atoms with Crippen LogP contribution in [0.5, 0.6) is 0 Å². The number of amides is 2. The SMILES string of the molecule is CCN(Cc1ccccc1)C(=O)Nc1ccno1. The molecule has 1 N–H and O–H groups in total. The molecule has 2 amide bonds. The maximum Gasteiger partial charge on any atom is 0.324 e. The molecule has 0 aliphatic carbocycles. The van der Waals surface area contributed by atoms with Crippen molar-refractivity contribution in [1.29, 1.82) is 0 Å². The third kappa shape index (κ3) is 3.10. The Balaban J connectivity index is 1.98. The molecule has 0 spiro atoms. The molecule has 1 aromatic carbocycles. The lowest BCUT2D eigenvalue weighted by Crippen LogP contribution is -2.34. The summed E-state index contributed by atoms with van der Waals surface area (Å²) in [6.07, 6.45) is 1.49. The normalized spacial score (nSPS) is 10.1. The maximum absolute atomic E-state index is 12.0. The van der Waals surface area contributed by atoms with Crippen LogP contribution < -0.4 is 5.32 Å². The Morgan fingerprint density at radius 3 is 2.72 bits per heavy atom. The highest BCUT2D eigenvalue weighted by Crippen LogP contribution is 2.08. The van der Waals surface area contributed by atoms with Crippen molar-refractivity contribution in [3.05, 3.63) is 48.2 Å². The zero-order chi connectivity index (χ0) is 12.8. The second-order valence-corrected chi connectivity index (χ2v) is 3.81. The second-order valence-electron chi connectivity index (χ2n) is 3.81. The zero-order valence-electron chi connectivity index (χ0n) is 10.2. The van der Waals surface area contributed by atoms with Crippen molar-refractivity contribution in [2.45, 2.75) is 13.5 Å². The number of anilines is 1. The van der Waals surface area contributed by atoms with Crippen molar-refractivity contribution in [3.63, 3.8) is 0 Å². The quantitative estimate of drug-likeness (QED) is 0.901. The Morgan fingerprint density at radius 1 is 1.33 bits per heavy atom. The number of urea groups is 1. The minimum atomic E-state index is -0.196. The molecule has 0 aliphatic rings. The summed E-state index contributed by atoms with van der Waals surface area (Å²) in [4.78, 5) is 13.7. The van der Waals surface area contributed by atoms with Crippen molar-refractivity contribution < 1.29 is 9.32 Å². The van der Waals surface area contributed by atoms with Gasteiger partial charge in [-0.05, 0) is 12.5 Å². The molecule has 1 aromatic heterocycles. The summed E-state index contributed by atoms with van der Waals surface area (Å²) in [5.74, 6) is 0.353. The van der Waals surface area contributed by atoms with Gasteiger partial charge in [0.05, 0.1) is 6.20 Å². The van der Waals surface area contributed by atoms with Crippen LogP contribution in [0.1, 0.15) is 12.5 Å². The summed E-state index contributed by atoms with van der Waals surface area (Å²) in [5.41, 5.74) is 1.09. The van der Waals surface area contributed by atoms with Crippen molar-refractivity contribution in [1.82, 2.24) is 10.1 Å². The summed E-state index contributed by atoms with van der Waals surface area (Å²) in [6, 6.07) is 11.3. The molecule has 1 heterocycles.